The predicted octanol–water partition coefficient (Wildman–Crippen LogP) is 2.51. The molecule has 0 aliphatic rings. The average Bonchev–Trinajstić information content (AvgIpc) is 2.53. The molecule has 0 fully saturated rings. The molecule has 0 saturated carbocycles. The van der Waals surface area contributed by atoms with Gasteiger partial charge in [0.1, 0.15) is 5.69 Å². The number of benzene rings is 1. The minimum absolute atomic E-state index is 0.00146. The van der Waals surface area contributed by atoms with Gasteiger partial charge < -0.3 is 15.8 Å². The molecule has 2 aromatic rings. The number of amidine groups is 1. The monoisotopic (exact) mass is 270 g/mol. The van der Waals surface area contributed by atoms with E-state index in [2.05, 4.69) is 41.3 Å². The molecule has 0 bridgehead atoms. The smallest absolute Gasteiger partial charge is 0.188 e. The van der Waals surface area contributed by atoms with E-state index >= 15 is 0 Å². The van der Waals surface area contributed by atoms with E-state index in [4.69, 9.17) is 10.9 Å². The van der Waals surface area contributed by atoms with Gasteiger partial charge in [0, 0.05) is 24.6 Å². The molecular weight excluding hydrogens is 252 g/mol. The van der Waals surface area contributed by atoms with Crippen LogP contribution in [0.4, 0.5) is 11.4 Å². The first kappa shape index (κ1) is 13.9. The number of rotatable bonds is 4. The van der Waals surface area contributed by atoms with Crippen molar-refractivity contribution < 1.29 is 5.21 Å². The van der Waals surface area contributed by atoms with Crippen LogP contribution in [-0.2, 0) is 6.42 Å². The number of pyridine rings is 1. The Balaban J connectivity index is 2.30. The van der Waals surface area contributed by atoms with Crippen LogP contribution >= 0.6 is 0 Å². The van der Waals surface area contributed by atoms with Crippen LogP contribution in [0.3, 0.4) is 0 Å². The van der Waals surface area contributed by atoms with Gasteiger partial charge in [-0.15, -0.1) is 0 Å². The Morgan fingerprint density at radius 2 is 1.95 bits per heavy atom. The number of aryl methyl sites for hydroxylation is 1. The van der Waals surface area contributed by atoms with Crippen LogP contribution in [-0.4, -0.2) is 23.1 Å². The van der Waals surface area contributed by atoms with Crippen molar-refractivity contribution in [2.45, 2.75) is 13.3 Å². The van der Waals surface area contributed by atoms with E-state index in [0.717, 1.165) is 17.8 Å². The summed E-state index contributed by atoms with van der Waals surface area (Å²) in [5, 5.41) is 11.7. The van der Waals surface area contributed by atoms with Gasteiger partial charge in [-0.25, -0.2) is 0 Å². The molecule has 0 unspecified atom stereocenters. The Morgan fingerprint density at radius 1 is 1.25 bits per heavy atom. The molecule has 1 aromatic heterocycles. The Kier molecular flexibility index (Phi) is 4.20. The van der Waals surface area contributed by atoms with Crippen LogP contribution < -0.4 is 10.6 Å². The molecule has 0 amide bonds. The largest absolute Gasteiger partial charge is 0.409 e. The molecule has 1 aromatic carbocycles. The van der Waals surface area contributed by atoms with E-state index in [1.165, 1.54) is 5.56 Å². The zero-order chi connectivity index (χ0) is 14.5. The molecule has 2 rings (SSSR count). The lowest BCUT2D eigenvalue weighted by Gasteiger charge is -2.20. The van der Waals surface area contributed by atoms with Gasteiger partial charge in [-0.2, -0.15) is 0 Å². The molecule has 0 radical (unpaired) electrons. The number of nitrogens with two attached hydrogens (primary N) is 1. The van der Waals surface area contributed by atoms with Crippen LogP contribution in [0, 0.1) is 0 Å². The van der Waals surface area contributed by atoms with Gasteiger partial charge in [0.2, 0.25) is 0 Å². The maximum Gasteiger partial charge on any atom is 0.188 e. The fourth-order valence-electron chi connectivity index (χ4n) is 1.92. The number of oxime groups is 1. The van der Waals surface area contributed by atoms with E-state index in [9.17, 15) is 0 Å². The third-order valence-corrected chi connectivity index (χ3v) is 3.23. The van der Waals surface area contributed by atoms with Crippen molar-refractivity contribution in [3.8, 4) is 0 Å². The molecule has 0 aliphatic carbocycles. The lowest BCUT2D eigenvalue weighted by atomic mass is 10.1. The fraction of sp³-hybridized carbons (Fsp3) is 0.200. The third kappa shape index (κ3) is 2.88. The summed E-state index contributed by atoms with van der Waals surface area (Å²) in [6.45, 7) is 2.13. The highest BCUT2D eigenvalue weighted by molar-refractivity contribution is 5.96. The van der Waals surface area contributed by atoms with Gasteiger partial charge in [-0.05, 0) is 36.2 Å². The molecule has 5 heteroatoms. The van der Waals surface area contributed by atoms with E-state index < -0.39 is 0 Å². The summed E-state index contributed by atoms with van der Waals surface area (Å²) in [6.07, 6.45) is 2.66. The first-order valence-electron chi connectivity index (χ1n) is 6.42. The highest BCUT2D eigenvalue weighted by Gasteiger charge is 2.07. The quantitative estimate of drug-likeness (QED) is 0.387. The highest BCUT2D eigenvalue weighted by atomic mass is 16.4. The highest BCUT2D eigenvalue weighted by Crippen LogP contribution is 2.23. The zero-order valence-corrected chi connectivity index (χ0v) is 11.6. The van der Waals surface area contributed by atoms with Gasteiger partial charge in [0.05, 0.1) is 0 Å². The molecule has 0 atom stereocenters. The molecule has 104 valence electrons. The van der Waals surface area contributed by atoms with Gasteiger partial charge in [-0.1, -0.05) is 24.2 Å². The SMILES string of the molecule is CCc1ccc(N(C)c2ccnc(C(N)=NO)c2)cc1. The van der Waals surface area contributed by atoms with Gasteiger partial charge >= 0.3 is 0 Å². The second kappa shape index (κ2) is 6.06. The molecule has 0 aliphatic heterocycles. The zero-order valence-electron chi connectivity index (χ0n) is 11.6. The van der Waals surface area contributed by atoms with Crippen molar-refractivity contribution in [3.05, 3.63) is 53.9 Å². The Morgan fingerprint density at radius 3 is 2.55 bits per heavy atom. The first-order chi connectivity index (χ1) is 9.65. The van der Waals surface area contributed by atoms with Crippen LogP contribution in [0.2, 0.25) is 0 Å². The minimum atomic E-state index is 0.00146. The normalized spacial score (nSPS) is 11.4. The van der Waals surface area contributed by atoms with Crippen molar-refractivity contribution in [1.82, 2.24) is 4.98 Å². The first-order valence-corrected chi connectivity index (χ1v) is 6.42. The molecule has 1 heterocycles. The standard InChI is InChI=1S/C15H18N4O/c1-3-11-4-6-12(7-5-11)19(2)13-8-9-17-14(10-13)15(16)18-20/h4-10,20H,3H2,1-2H3,(H2,16,18). The minimum Gasteiger partial charge on any atom is -0.409 e. The molecule has 0 spiro atoms. The maximum absolute atomic E-state index is 8.70. The van der Waals surface area contributed by atoms with Gasteiger partial charge in [0.25, 0.3) is 0 Å². The number of hydrogen-bond donors (Lipinski definition) is 2. The van der Waals surface area contributed by atoms with Crippen LogP contribution in [0.5, 0.6) is 0 Å². The lowest BCUT2D eigenvalue weighted by Crippen LogP contribution is -2.16. The Bertz CT molecular complexity index is 608. The summed E-state index contributed by atoms with van der Waals surface area (Å²) in [5.74, 6) is 0.00146. The van der Waals surface area contributed by atoms with Crippen molar-refractivity contribution in [1.29, 1.82) is 0 Å². The maximum atomic E-state index is 8.70. The van der Waals surface area contributed by atoms with E-state index in [1.54, 1.807) is 12.3 Å². The van der Waals surface area contributed by atoms with E-state index in [0.29, 0.717) is 5.69 Å². The topological polar surface area (TPSA) is 74.7 Å². The summed E-state index contributed by atoms with van der Waals surface area (Å²) in [6, 6.07) is 12.0. The number of aromatic nitrogens is 1. The summed E-state index contributed by atoms with van der Waals surface area (Å²) in [5.41, 5.74) is 9.30. The van der Waals surface area contributed by atoms with E-state index in [-0.39, 0.29) is 5.84 Å². The Hall–Kier alpha value is -2.56. The number of nitrogens with zero attached hydrogens (tertiary/aromatic N) is 3. The van der Waals surface area contributed by atoms with E-state index in [1.807, 2.05) is 18.0 Å². The summed E-state index contributed by atoms with van der Waals surface area (Å²) >= 11 is 0. The predicted molar refractivity (Wildman–Crippen MR) is 80.6 cm³/mol. The molecule has 5 nitrogen and oxygen atoms in total. The van der Waals surface area contributed by atoms with Gasteiger partial charge in [0.15, 0.2) is 5.84 Å². The van der Waals surface area contributed by atoms with Crippen LogP contribution in [0.1, 0.15) is 18.2 Å². The Labute approximate surface area is 118 Å². The van der Waals surface area contributed by atoms with Crippen molar-refractivity contribution in [2.24, 2.45) is 10.9 Å². The molecular formula is C15H18N4O. The van der Waals surface area contributed by atoms with Crippen LogP contribution in [0.15, 0.2) is 47.8 Å². The summed E-state index contributed by atoms with van der Waals surface area (Å²) in [4.78, 5) is 6.09. The third-order valence-electron chi connectivity index (χ3n) is 3.23. The fourth-order valence-corrected chi connectivity index (χ4v) is 1.92. The summed E-state index contributed by atoms with van der Waals surface area (Å²) < 4.78 is 0. The number of hydrogen-bond acceptors (Lipinski definition) is 4. The number of anilines is 2. The van der Waals surface area contributed by atoms with Gasteiger partial charge in [-0.3, -0.25) is 4.98 Å². The van der Waals surface area contributed by atoms with Crippen molar-refractivity contribution >= 4 is 17.2 Å². The van der Waals surface area contributed by atoms with Crippen LogP contribution in [0.25, 0.3) is 0 Å². The summed E-state index contributed by atoms with van der Waals surface area (Å²) in [7, 11) is 1.96. The van der Waals surface area contributed by atoms with Crippen molar-refractivity contribution in [2.75, 3.05) is 11.9 Å². The lowest BCUT2D eigenvalue weighted by molar-refractivity contribution is 0.318. The molecule has 0 saturated heterocycles. The molecule has 20 heavy (non-hydrogen) atoms. The average molecular weight is 270 g/mol. The second-order valence-corrected chi connectivity index (χ2v) is 4.46. The second-order valence-electron chi connectivity index (χ2n) is 4.46. The van der Waals surface area contributed by atoms with Crippen molar-refractivity contribution in [3.63, 3.8) is 0 Å². The molecule has 3 N–H and O–H groups in total.